The molecule has 1 N–H and O–H groups in total. The molecule has 1 aliphatic rings. The number of ether oxygens (including phenoxy) is 1. The van der Waals surface area contributed by atoms with Crippen LogP contribution in [-0.4, -0.2) is 24.0 Å². The minimum Gasteiger partial charge on any atom is -0.465 e. The van der Waals surface area contributed by atoms with E-state index in [4.69, 9.17) is 9.72 Å². The summed E-state index contributed by atoms with van der Waals surface area (Å²) < 4.78 is 6.10. The van der Waals surface area contributed by atoms with Gasteiger partial charge in [0.2, 0.25) is 0 Å². The Bertz CT molecular complexity index is 1540. The van der Waals surface area contributed by atoms with Gasteiger partial charge in [0, 0.05) is 20.3 Å². The highest BCUT2D eigenvalue weighted by Crippen LogP contribution is 2.46. The Balaban J connectivity index is 1.55. The molecule has 2 aromatic carbocycles. The SMILES string of the molecule is CCC(C)(C)[C@H]1CCc2c(sc(NC(=O)c3cc(-c4cccc(Br)c4)nc4ccccc34)c2C(=O)OC)C1. The molecule has 1 aliphatic carbocycles. The zero-order valence-corrected chi connectivity index (χ0v) is 24.5. The summed E-state index contributed by atoms with van der Waals surface area (Å²) in [6, 6.07) is 17.3. The number of fused-ring (bicyclic) bond motifs is 2. The van der Waals surface area contributed by atoms with Crippen molar-refractivity contribution in [1.82, 2.24) is 4.98 Å². The van der Waals surface area contributed by atoms with E-state index in [1.54, 1.807) is 0 Å². The first-order valence-electron chi connectivity index (χ1n) is 12.9. The largest absolute Gasteiger partial charge is 0.465 e. The number of hydrogen-bond acceptors (Lipinski definition) is 5. The number of carbonyl (C=O) groups excluding carboxylic acids is 2. The molecule has 0 saturated carbocycles. The molecule has 0 fully saturated rings. The van der Waals surface area contributed by atoms with Crippen LogP contribution in [0.3, 0.4) is 0 Å². The summed E-state index contributed by atoms with van der Waals surface area (Å²) in [6.07, 6.45) is 3.84. The van der Waals surface area contributed by atoms with Gasteiger partial charge in [0.15, 0.2) is 0 Å². The molecule has 0 spiro atoms. The number of anilines is 1. The van der Waals surface area contributed by atoms with Crippen molar-refractivity contribution in [3.8, 4) is 11.3 Å². The van der Waals surface area contributed by atoms with Crippen molar-refractivity contribution in [3.63, 3.8) is 0 Å². The van der Waals surface area contributed by atoms with Gasteiger partial charge in [0.25, 0.3) is 5.91 Å². The number of thiophene rings is 1. The fourth-order valence-electron chi connectivity index (χ4n) is 5.28. The van der Waals surface area contributed by atoms with E-state index in [1.807, 2.05) is 54.6 Å². The summed E-state index contributed by atoms with van der Waals surface area (Å²) >= 11 is 5.04. The summed E-state index contributed by atoms with van der Waals surface area (Å²) in [5.74, 6) is -0.140. The summed E-state index contributed by atoms with van der Waals surface area (Å²) in [7, 11) is 1.39. The lowest BCUT2D eigenvalue weighted by molar-refractivity contribution is 0.0600. The standard InChI is InChI=1S/C31H31BrN2O3S/c1-5-31(2,3)19-13-14-22-26(16-19)38-29(27(22)30(36)37-4)34-28(35)23-17-25(18-9-8-10-20(32)15-18)33-24-12-7-6-11-21(23)24/h6-12,15,17,19H,5,13-14,16H2,1-4H3,(H,34,35)/t19-/m0/s1. The maximum Gasteiger partial charge on any atom is 0.341 e. The van der Waals surface area contributed by atoms with Gasteiger partial charge in [0.1, 0.15) is 5.00 Å². The first kappa shape index (κ1) is 26.6. The Morgan fingerprint density at radius 2 is 1.95 bits per heavy atom. The van der Waals surface area contributed by atoms with Gasteiger partial charge in [-0.3, -0.25) is 4.79 Å². The second kappa shape index (κ2) is 10.6. The molecule has 38 heavy (non-hydrogen) atoms. The van der Waals surface area contributed by atoms with E-state index >= 15 is 0 Å². The van der Waals surface area contributed by atoms with Gasteiger partial charge in [-0.05, 0) is 60.4 Å². The van der Waals surface area contributed by atoms with E-state index in [1.165, 1.54) is 23.3 Å². The van der Waals surface area contributed by atoms with Crippen LogP contribution < -0.4 is 5.32 Å². The number of benzene rings is 2. The molecule has 1 atom stereocenters. The van der Waals surface area contributed by atoms with Crippen LogP contribution in [0.1, 0.15) is 64.8 Å². The van der Waals surface area contributed by atoms with Crippen LogP contribution in [0.25, 0.3) is 22.2 Å². The molecule has 0 bridgehead atoms. The average molecular weight is 592 g/mol. The average Bonchev–Trinajstić information content (AvgIpc) is 3.28. The summed E-state index contributed by atoms with van der Waals surface area (Å²) in [4.78, 5) is 32.7. The number of esters is 1. The minimum absolute atomic E-state index is 0.218. The quantitative estimate of drug-likeness (QED) is 0.229. The van der Waals surface area contributed by atoms with Gasteiger partial charge >= 0.3 is 5.97 Å². The predicted octanol–water partition coefficient (Wildman–Crippen LogP) is 8.31. The Morgan fingerprint density at radius 1 is 1.16 bits per heavy atom. The Kier molecular flexibility index (Phi) is 7.43. The first-order chi connectivity index (χ1) is 18.2. The summed E-state index contributed by atoms with van der Waals surface area (Å²) in [6.45, 7) is 6.87. The Morgan fingerprint density at radius 3 is 2.68 bits per heavy atom. The molecule has 5 nitrogen and oxygen atoms in total. The third-order valence-corrected chi connectivity index (χ3v) is 9.64. The Labute approximate surface area is 235 Å². The molecule has 4 aromatic rings. The van der Waals surface area contributed by atoms with Crippen molar-refractivity contribution in [2.24, 2.45) is 11.3 Å². The third kappa shape index (κ3) is 5.02. The molecule has 2 aromatic heterocycles. The van der Waals surface area contributed by atoms with Crippen molar-refractivity contribution in [2.75, 3.05) is 12.4 Å². The van der Waals surface area contributed by atoms with E-state index in [0.717, 1.165) is 52.2 Å². The maximum atomic E-state index is 13.8. The summed E-state index contributed by atoms with van der Waals surface area (Å²) in [5, 5.41) is 4.41. The van der Waals surface area contributed by atoms with Gasteiger partial charge in [-0.2, -0.15) is 0 Å². The number of carbonyl (C=O) groups is 2. The van der Waals surface area contributed by atoms with Crippen LogP contribution in [0.4, 0.5) is 5.00 Å². The highest BCUT2D eigenvalue weighted by atomic mass is 79.9. The lowest BCUT2D eigenvalue weighted by atomic mass is 9.69. The normalized spacial score (nSPS) is 15.2. The van der Waals surface area contributed by atoms with Gasteiger partial charge in [-0.1, -0.05) is 73.5 Å². The number of nitrogens with one attached hydrogen (secondary N) is 1. The maximum absolute atomic E-state index is 13.8. The van der Waals surface area contributed by atoms with Crippen LogP contribution in [0.2, 0.25) is 0 Å². The zero-order chi connectivity index (χ0) is 27.0. The number of nitrogens with zero attached hydrogens (tertiary/aromatic N) is 1. The molecule has 2 heterocycles. The molecule has 0 unspecified atom stereocenters. The topological polar surface area (TPSA) is 68.3 Å². The van der Waals surface area contributed by atoms with Crippen molar-refractivity contribution in [1.29, 1.82) is 0 Å². The molecule has 0 radical (unpaired) electrons. The number of pyridine rings is 1. The predicted molar refractivity (Wildman–Crippen MR) is 158 cm³/mol. The summed E-state index contributed by atoms with van der Waals surface area (Å²) in [5.41, 5.74) is 4.60. The van der Waals surface area contributed by atoms with E-state index in [2.05, 4.69) is 42.0 Å². The molecule has 1 amide bonds. The lowest BCUT2D eigenvalue weighted by Crippen LogP contribution is -2.28. The molecule has 7 heteroatoms. The molecule has 0 saturated heterocycles. The number of aromatic nitrogens is 1. The van der Waals surface area contributed by atoms with Crippen LogP contribution in [0.15, 0.2) is 59.1 Å². The highest BCUT2D eigenvalue weighted by molar-refractivity contribution is 9.10. The molecular weight excluding hydrogens is 560 g/mol. The molecule has 196 valence electrons. The monoisotopic (exact) mass is 590 g/mol. The number of para-hydroxylation sites is 1. The van der Waals surface area contributed by atoms with Gasteiger partial charge in [0.05, 0.1) is 29.4 Å². The van der Waals surface area contributed by atoms with E-state index < -0.39 is 5.97 Å². The van der Waals surface area contributed by atoms with Crippen LogP contribution in [0.5, 0.6) is 0 Å². The van der Waals surface area contributed by atoms with Crippen LogP contribution in [-0.2, 0) is 17.6 Å². The third-order valence-electron chi connectivity index (χ3n) is 7.98. The highest BCUT2D eigenvalue weighted by Gasteiger charge is 2.35. The minimum atomic E-state index is -0.402. The second-order valence-corrected chi connectivity index (χ2v) is 12.5. The Hall–Kier alpha value is -3.03. The van der Waals surface area contributed by atoms with Crippen molar-refractivity contribution < 1.29 is 14.3 Å². The van der Waals surface area contributed by atoms with Crippen LogP contribution >= 0.6 is 27.3 Å². The van der Waals surface area contributed by atoms with Gasteiger partial charge in [-0.15, -0.1) is 11.3 Å². The van der Waals surface area contributed by atoms with Crippen molar-refractivity contribution >= 4 is 55.0 Å². The second-order valence-electron chi connectivity index (χ2n) is 10.5. The number of amides is 1. The zero-order valence-electron chi connectivity index (χ0n) is 22.1. The van der Waals surface area contributed by atoms with Gasteiger partial charge < -0.3 is 10.1 Å². The molecule has 0 aliphatic heterocycles. The first-order valence-corrected chi connectivity index (χ1v) is 14.5. The number of methoxy groups -OCH3 is 1. The van der Waals surface area contributed by atoms with E-state index in [0.29, 0.717) is 27.7 Å². The van der Waals surface area contributed by atoms with Crippen molar-refractivity contribution in [2.45, 2.75) is 46.5 Å². The van der Waals surface area contributed by atoms with E-state index in [-0.39, 0.29) is 11.3 Å². The van der Waals surface area contributed by atoms with E-state index in [9.17, 15) is 9.59 Å². The smallest absolute Gasteiger partial charge is 0.341 e. The fraction of sp³-hybridized carbons (Fsp3) is 0.323. The number of halogens is 1. The molecule has 5 rings (SSSR count). The molecular formula is C31H31BrN2O3S. The van der Waals surface area contributed by atoms with Gasteiger partial charge in [-0.25, -0.2) is 9.78 Å². The van der Waals surface area contributed by atoms with Crippen LogP contribution in [0, 0.1) is 11.3 Å². The van der Waals surface area contributed by atoms with Crippen molar-refractivity contribution in [3.05, 3.63) is 80.6 Å². The lowest BCUT2D eigenvalue weighted by Gasteiger charge is -2.36. The fourth-order valence-corrected chi connectivity index (χ4v) is 6.99. The number of hydrogen-bond donors (Lipinski definition) is 1. The number of rotatable bonds is 6.